The van der Waals surface area contributed by atoms with Gasteiger partial charge in [0.05, 0.1) is 7.11 Å². The molecule has 20 heavy (non-hydrogen) atoms. The number of hydrogen-bond donors (Lipinski definition) is 0. The summed E-state index contributed by atoms with van der Waals surface area (Å²) in [5, 5.41) is 0. The van der Waals surface area contributed by atoms with Crippen molar-refractivity contribution in [2.75, 3.05) is 7.11 Å². The van der Waals surface area contributed by atoms with Gasteiger partial charge in [-0.05, 0) is 77.9 Å². The molecule has 104 valence electrons. The number of aryl methyl sites for hydroxylation is 2. The lowest BCUT2D eigenvalue weighted by molar-refractivity contribution is 0.103. The Morgan fingerprint density at radius 2 is 1.80 bits per heavy atom. The molecular weight excluding hydrogens is 370 g/mol. The average molecular weight is 384 g/mol. The largest absolute Gasteiger partial charge is 0.496 e. The van der Waals surface area contributed by atoms with Crippen molar-refractivity contribution < 1.29 is 13.9 Å². The Morgan fingerprint density at radius 3 is 2.40 bits per heavy atom. The van der Waals surface area contributed by atoms with E-state index in [-0.39, 0.29) is 11.6 Å². The van der Waals surface area contributed by atoms with Crippen LogP contribution in [0.4, 0.5) is 4.39 Å². The Morgan fingerprint density at radius 1 is 1.10 bits per heavy atom. The molecule has 0 radical (unpaired) electrons. The van der Waals surface area contributed by atoms with E-state index in [0.29, 0.717) is 14.7 Å². The summed E-state index contributed by atoms with van der Waals surface area (Å²) in [6.07, 6.45) is 0. The normalized spacial score (nSPS) is 10.4. The summed E-state index contributed by atoms with van der Waals surface area (Å²) in [6.45, 7) is 3.76. The molecule has 0 N–H and O–H groups in total. The van der Waals surface area contributed by atoms with E-state index in [1.807, 2.05) is 48.6 Å². The van der Waals surface area contributed by atoms with Gasteiger partial charge in [-0.3, -0.25) is 4.79 Å². The SMILES string of the molecule is COc1cc(C)c(C(=O)c2ccc(F)cc2I)cc1C. The first-order chi connectivity index (χ1) is 9.43. The number of halogens is 2. The third-order valence-electron chi connectivity index (χ3n) is 3.16. The van der Waals surface area contributed by atoms with Crippen LogP contribution >= 0.6 is 22.6 Å². The zero-order chi connectivity index (χ0) is 14.9. The molecule has 2 aromatic carbocycles. The molecule has 4 heteroatoms. The number of benzene rings is 2. The van der Waals surface area contributed by atoms with E-state index < -0.39 is 0 Å². The summed E-state index contributed by atoms with van der Waals surface area (Å²) >= 11 is 1.98. The molecule has 0 aliphatic carbocycles. The van der Waals surface area contributed by atoms with E-state index >= 15 is 0 Å². The molecule has 0 fully saturated rings. The number of carbonyl (C=O) groups excluding carboxylic acids is 1. The second-order valence-corrected chi connectivity index (χ2v) is 5.75. The summed E-state index contributed by atoms with van der Waals surface area (Å²) in [6, 6.07) is 7.86. The predicted molar refractivity (Wildman–Crippen MR) is 85.0 cm³/mol. The maximum absolute atomic E-state index is 13.1. The molecular formula is C16H14FIO2. The topological polar surface area (TPSA) is 26.3 Å². The summed E-state index contributed by atoms with van der Waals surface area (Å²) in [4.78, 5) is 12.6. The van der Waals surface area contributed by atoms with Gasteiger partial charge < -0.3 is 4.74 Å². The second-order valence-electron chi connectivity index (χ2n) is 4.59. The third-order valence-corrected chi connectivity index (χ3v) is 4.05. The molecule has 2 rings (SSSR count). The number of rotatable bonds is 3. The van der Waals surface area contributed by atoms with Crippen molar-refractivity contribution in [3.8, 4) is 5.75 Å². The Bertz CT molecular complexity index is 680. The minimum Gasteiger partial charge on any atom is -0.496 e. The molecule has 2 aromatic rings. The first-order valence-electron chi connectivity index (χ1n) is 6.09. The lowest BCUT2D eigenvalue weighted by Gasteiger charge is -2.11. The molecule has 0 aromatic heterocycles. The van der Waals surface area contributed by atoms with Crippen molar-refractivity contribution >= 4 is 28.4 Å². The van der Waals surface area contributed by atoms with Crippen LogP contribution in [0.15, 0.2) is 30.3 Å². The number of hydrogen-bond acceptors (Lipinski definition) is 2. The van der Waals surface area contributed by atoms with Crippen LogP contribution in [0, 0.1) is 23.2 Å². The molecule has 0 bridgehead atoms. The maximum atomic E-state index is 13.1. The van der Waals surface area contributed by atoms with Crippen LogP contribution < -0.4 is 4.74 Å². The highest BCUT2D eigenvalue weighted by Gasteiger charge is 2.17. The van der Waals surface area contributed by atoms with E-state index in [9.17, 15) is 9.18 Å². The van der Waals surface area contributed by atoms with Crippen LogP contribution in [0.2, 0.25) is 0 Å². The standard InChI is InChI=1S/C16H14FIO2/c1-9-7-15(20-3)10(2)6-13(9)16(19)12-5-4-11(17)8-14(12)18/h4-8H,1-3H3. The average Bonchev–Trinajstić information content (AvgIpc) is 2.40. The number of carbonyl (C=O) groups is 1. The van der Waals surface area contributed by atoms with Gasteiger partial charge in [0, 0.05) is 14.7 Å². The fraction of sp³-hybridized carbons (Fsp3) is 0.188. The Hall–Kier alpha value is -1.43. The van der Waals surface area contributed by atoms with Gasteiger partial charge in [0.25, 0.3) is 0 Å². The van der Waals surface area contributed by atoms with Crippen molar-refractivity contribution in [2.24, 2.45) is 0 Å². The smallest absolute Gasteiger partial charge is 0.194 e. The predicted octanol–water partition coefficient (Wildman–Crippen LogP) is 4.29. The summed E-state index contributed by atoms with van der Waals surface area (Å²) in [5.74, 6) is 0.319. The highest BCUT2D eigenvalue weighted by Crippen LogP contribution is 2.26. The van der Waals surface area contributed by atoms with Crippen LogP contribution in [-0.2, 0) is 0 Å². The van der Waals surface area contributed by atoms with Gasteiger partial charge in [-0.15, -0.1) is 0 Å². The van der Waals surface area contributed by atoms with E-state index in [0.717, 1.165) is 16.9 Å². The van der Waals surface area contributed by atoms with Crippen molar-refractivity contribution in [1.29, 1.82) is 0 Å². The van der Waals surface area contributed by atoms with Crippen LogP contribution in [0.5, 0.6) is 5.75 Å². The Kier molecular flexibility index (Phi) is 4.42. The van der Waals surface area contributed by atoms with Gasteiger partial charge in [0.15, 0.2) is 5.78 Å². The molecule has 0 unspecified atom stereocenters. The van der Waals surface area contributed by atoms with Gasteiger partial charge in [-0.25, -0.2) is 4.39 Å². The summed E-state index contributed by atoms with van der Waals surface area (Å²) < 4.78 is 19.0. The van der Waals surface area contributed by atoms with Crippen molar-refractivity contribution in [3.63, 3.8) is 0 Å². The number of methoxy groups -OCH3 is 1. The first kappa shape index (κ1) is 15.0. The molecule has 0 atom stereocenters. The van der Waals surface area contributed by atoms with Crippen LogP contribution in [0.25, 0.3) is 0 Å². The van der Waals surface area contributed by atoms with Crippen LogP contribution in [0.3, 0.4) is 0 Å². The lowest BCUT2D eigenvalue weighted by Crippen LogP contribution is -2.07. The molecule has 0 amide bonds. The highest BCUT2D eigenvalue weighted by atomic mass is 127. The lowest BCUT2D eigenvalue weighted by atomic mass is 9.97. The van der Waals surface area contributed by atoms with E-state index in [4.69, 9.17) is 4.74 Å². The van der Waals surface area contributed by atoms with Crippen molar-refractivity contribution in [2.45, 2.75) is 13.8 Å². The summed E-state index contributed by atoms with van der Waals surface area (Å²) in [5.41, 5.74) is 2.88. The molecule has 0 saturated carbocycles. The Labute approximate surface area is 131 Å². The monoisotopic (exact) mass is 384 g/mol. The fourth-order valence-electron chi connectivity index (χ4n) is 2.07. The van der Waals surface area contributed by atoms with Crippen LogP contribution in [0.1, 0.15) is 27.0 Å². The Balaban J connectivity index is 2.51. The number of ketones is 1. The number of ether oxygens (including phenoxy) is 1. The maximum Gasteiger partial charge on any atom is 0.194 e. The van der Waals surface area contributed by atoms with Crippen molar-refractivity contribution in [3.05, 3.63) is 62.0 Å². The fourth-order valence-corrected chi connectivity index (χ4v) is 2.80. The van der Waals surface area contributed by atoms with Crippen LogP contribution in [-0.4, -0.2) is 12.9 Å². The highest BCUT2D eigenvalue weighted by molar-refractivity contribution is 14.1. The van der Waals surface area contributed by atoms with Gasteiger partial charge in [0.2, 0.25) is 0 Å². The first-order valence-corrected chi connectivity index (χ1v) is 7.17. The van der Waals surface area contributed by atoms with Gasteiger partial charge in [-0.2, -0.15) is 0 Å². The molecule has 2 nitrogen and oxygen atoms in total. The van der Waals surface area contributed by atoms with Gasteiger partial charge in [-0.1, -0.05) is 0 Å². The van der Waals surface area contributed by atoms with E-state index in [1.165, 1.54) is 18.2 Å². The zero-order valence-corrected chi connectivity index (χ0v) is 13.6. The van der Waals surface area contributed by atoms with Gasteiger partial charge in [0.1, 0.15) is 11.6 Å². The minimum absolute atomic E-state index is 0.0994. The molecule has 0 heterocycles. The minimum atomic E-state index is -0.339. The summed E-state index contributed by atoms with van der Waals surface area (Å²) in [7, 11) is 1.60. The molecule has 0 spiro atoms. The van der Waals surface area contributed by atoms with Crippen molar-refractivity contribution in [1.82, 2.24) is 0 Å². The molecule has 0 aliphatic heterocycles. The molecule has 0 aliphatic rings. The quantitative estimate of drug-likeness (QED) is 0.583. The van der Waals surface area contributed by atoms with Gasteiger partial charge >= 0.3 is 0 Å². The van der Waals surface area contributed by atoms with E-state index in [1.54, 1.807) is 7.11 Å². The third kappa shape index (κ3) is 2.85. The zero-order valence-electron chi connectivity index (χ0n) is 11.5. The van der Waals surface area contributed by atoms with E-state index in [2.05, 4.69) is 0 Å². The molecule has 0 saturated heterocycles. The second kappa shape index (κ2) is 5.91.